The molecule has 1 saturated carbocycles. The third-order valence-electron chi connectivity index (χ3n) is 3.56. The van der Waals surface area contributed by atoms with E-state index in [4.69, 9.17) is 9.84 Å². The van der Waals surface area contributed by atoms with Crippen LogP contribution in [0, 0.1) is 5.92 Å². The van der Waals surface area contributed by atoms with Crippen molar-refractivity contribution in [2.75, 3.05) is 0 Å². The highest BCUT2D eigenvalue weighted by Gasteiger charge is 2.20. The summed E-state index contributed by atoms with van der Waals surface area (Å²) in [4.78, 5) is 10.6. The average molecular weight is 339 g/mol. The molecular formula is C16H19BrO3. The van der Waals surface area contributed by atoms with Gasteiger partial charge in [-0.3, -0.25) is 0 Å². The maximum atomic E-state index is 10.6. The van der Waals surface area contributed by atoms with Crippen molar-refractivity contribution in [3.8, 4) is 5.75 Å². The molecule has 2 unspecified atom stereocenters. The zero-order valence-electron chi connectivity index (χ0n) is 11.5. The lowest BCUT2D eigenvalue weighted by molar-refractivity contribution is -0.131. The quantitative estimate of drug-likeness (QED) is 0.822. The van der Waals surface area contributed by atoms with E-state index < -0.39 is 5.97 Å². The summed E-state index contributed by atoms with van der Waals surface area (Å²) in [5.74, 6) is 0.567. The van der Waals surface area contributed by atoms with Crippen LogP contribution in [0.1, 0.15) is 38.2 Å². The molecule has 0 amide bonds. The molecule has 2 atom stereocenters. The topological polar surface area (TPSA) is 46.5 Å². The van der Waals surface area contributed by atoms with E-state index in [2.05, 4.69) is 22.9 Å². The number of benzene rings is 1. The van der Waals surface area contributed by atoms with Crippen molar-refractivity contribution in [3.05, 3.63) is 34.3 Å². The van der Waals surface area contributed by atoms with Gasteiger partial charge in [-0.2, -0.15) is 0 Å². The predicted molar refractivity (Wildman–Crippen MR) is 82.9 cm³/mol. The van der Waals surface area contributed by atoms with Crippen LogP contribution in [-0.2, 0) is 4.79 Å². The van der Waals surface area contributed by atoms with E-state index in [1.807, 2.05) is 18.2 Å². The van der Waals surface area contributed by atoms with E-state index in [0.717, 1.165) is 40.6 Å². The fourth-order valence-electron chi connectivity index (χ4n) is 2.56. The number of carbonyl (C=O) groups is 1. The number of rotatable bonds is 4. The summed E-state index contributed by atoms with van der Waals surface area (Å²) in [6.45, 7) is 2.26. The molecule has 1 aromatic rings. The van der Waals surface area contributed by atoms with Gasteiger partial charge in [0.15, 0.2) is 0 Å². The van der Waals surface area contributed by atoms with Crippen LogP contribution in [0.4, 0.5) is 0 Å². The van der Waals surface area contributed by atoms with Gasteiger partial charge in [0.05, 0.1) is 6.10 Å². The van der Waals surface area contributed by atoms with Gasteiger partial charge in [0.1, 0.15) is 5.75 Å². The van der Waals surface area contributed by atoms with Crippen molar-refractivity contribution in [1.29, 1.82) is 0 Å². The third-order valence-corrected chi connectivity index (χ3v) is 4.29. The number of carboxylic acid groups (broad SMARTS) is 1. The molecule has 1 aliphatic rings. The highest BCUT2D eigenvalue weighted by Crippen LogP contribution is 2.29. The molecule has 0 aromatic heterocycles. The zero-order valence-corrected chi connectivity index (χ0v) is 13.1. The lowest BCUT2D eigenvalue weighted by Gasteiger charge is -2.27. The summed E-state index contributed by atoms with van der Waals surface area (Å²) in [6.07, 6.45) is 7.67. The van der Waals surface area contributed by atoms with Crippen LogP contribution in [0.25, 0.3) is 6.08 Å². The maximum Gasteiger partial charge on any atom is 0.328 e. The van der Waals surface area contributed by atoms with E-state index in [1.165, 1.54) is 12.8 Å². The fraction of sp³-hybridized carbons (Fsp3) is 0.438. The summed E-state index contributed by atoms with van der Waals surface area (Å²) in [5.41, 5.74) is 0.814. The molecule has 4 heteroatoms. The molecule has 1 aromatic carbocycles. The van der Waals surface area contributed by atoms with Crippen LogP contribution in [0.3, 0.4) is 0 Å². The number of halogens is 1. The molecule has 108 valence electrons. The Morgan fingerprint density at radius 2 is 2.25 bits per heavy atom. The predicted octanol–water partition coefficient (Wildman–Crippen LogP) is 4.50. The Balaban J connectivity index is 2.08. The highest BCUT2D eigenvalue weighted by molar-refractivity contribution is 9.10. The van der Waals surface area contributed by atoms with Crippen molar-refractivity contribution in [1.82, 2.24) is 0 Å². The van der Waals surface area contributed by atoms with E-state index in [0.29, 0.717) is 0 Å². The Kier molecular flexibility index (Phi) is 5.24. The first-order chi connectivity index (χ1) is 9.54. The molecule has 0 saturated heterocycles. The van der Waals surface area contributed by atoms with Crippen molar-refractivity contribution in [3.63, 3.8) is 0 Å². The van der Waals surface area contributed by atoms with E-state index in [9.17, 15) is 4.79 Å². The van der Waals surface area contributed by atoms with Crippen LogP contribution >= 0.6 is 15.9 Å². The van der Waals surface area contributed by atoms with Crippen LogP contribution in [-0.4, -0.2) is 17.2 Å². The molecule has 1 aliphatic carbocycles. The number of carboxylic acids is 1. The third kappa shape index (κ3) is 4.37. The van der Waals surface area contributed by atoms with Crippen LogP contribution in [0.5, 0.6) is 5.75 Å². The van der Waals surface area contributed by atoms with Crippen molar-refractivity contribution < 1.29 is 14.6 Å². The van der Waals surface area contributed by atoms with Crippen molar-refractivity contribution in [2.24, 2.45) is 5.92 Å². The van der Waals surface area contributed by atoms with Gasteiger partial charge in [0, 0.05) is 10.5 Å². The second-order valence-corrected chi connectivity index (χ2v) is 6.22. The largest absolute Gasteiger partial charge is 0.490 e. The normalized spacial score (nSPS) is 22.9. The second-order valence-electron chi connectivity index (χ2n) is 5.37. The van der Waals surface area contributed by atoms with Gasteiger partial charge < -0.3 is 9.84 Å². The molecule has 3 nitrogen and oxygen atoms in total. The van der Waals surface area contributed by atoms with Gasteiger partial charge in [-0.05, 0) is 55.0 Å². The standard InChI is InChI=1S/C16H19BrO3/c1-11-3-2-4-13(9-11)20-14-6-7-15(17)12(10-14)5-8-16(18)19/h5-8,10-11,13H,2-4,9H2,1H3,(H,18,19)/b8-5+. The van der Waals surface area contributed by atoms with Crippen LogP contribution in [0.2, 0.25) is 0 Å². The smallest absolute Gasteiger partial charge is 0.328 e. The summed E-state index contributed by atoms with van der Waals surface area (Å²) in [5, 5.41) is 8.69. The Hall–Kier alpha value is -1.29. The first kappa shape index (κ1) is 15.1. The molecule has 1 fully saturated rings. The highest BCUT2D eigenvalue weighted by atomic mass is 79.9. The summed E-state index contributed by atoms with van der Waals surface area (Å²) in [7, 11) is 0. The second kappa shape index (κ2) is 6.93. The Labute approximate surface area is 127 Å². The Morgan fingerprint density at radius 3 is 2.95 bits per heavy atom. The first-order valence-corrected chi connectivity index (χ1v) is 7.71. The minimum atomic E-state index is -0.954. The van der Waals surface area contributed by atoms with Gasteiger partial charge in [0.25, 0.3) is 0 Å². The van der Waals surface area contributed by atoms with Gasteiger partial charge in [-0.25, -0.2) is 4.79 Å². The summed E-state index contributed by atoms with van der Waals surface area (Å²) < 4.78 is 6.89. The first-order valence-electron chi connectivity index (χ1n) is 6.92. The zero-order chi connectivity index (χ0) is 14.5. The van der Waals surface area contributed by atoms with Crippen LogP contribution < -0.4 is 4.74 Å². The van der Waals surface area contributed by atoms with E-state index in [-0.39, 0.29) is 6.10 Å². The average Bonchev–Trinajstić information content (AvgIpc) is 2.39. The van der Waals surface area contributed by atoms with Gasteiger partial charge in [0.2, 0.25) is 0 Å². The van der Waals surface area contributed by atoms with Crippen molar-refractivity contribution >= 4 is 28.0 Å². The van der Waals surface area contributed by atoms with Crippen molar-refractivity contribution in [2.45, 2.75) is 38.7 Å². The molecule has 2 rings (SSSR count). The molecular weight excluding hydrogens is 320 g/mol. The SMILES string of the molecule is CC1CCCC(Oc2ccc(Br)c(/C=C/C(=O)O)c2)C1. The van der Waals surface area contributed by atoms with E-state index >= 15 is 0 Å². The van der Waals surface area contributed by atoms with E-state index in [1.54, 1.807) is 6.08 Å². The number of aliphatic carboxylic acids is 1. The minimum Gasteiger partial charge on any atom is -0.490 e. The van der Waals surface area contributed by atoms with Gasteiger partial charge in [-0.15, -0.1) is 0 Å². The molecule has 0 aliphatic heterocycles. The fourth-order valence-corrected chi connectivity index (χ4v) is 2.94. The summed E-state index contributed by atoms with van der Waals surface area (Å²) in [6, 6.07) is 5.69. The number of ether oxygens (including phenoxy) is 1. The lowest BCUT2D eigenvalue weighted by atomic mass is 9.89. The number of hydrogen-bond acceptors (Lipinski definition) is 2. The molecule has 1 N–H and O–H groups in total. The molecule has 0 radical (unpaired) electrons. The van der Waals surface area contributed by atoms with Gasteiger partial charge >= 0.3 is 5.97 Å². The molecule has 0 bridgehead atoms. The Bertz CT molecular complexity index is 510. The van der Waals surface area contributed by atoms with Crippen LogP contribution in [0.15, 0.2) is 28.7 Å². The molecule has 0 spiro atoms. The molecule has 20 heavy (non-hydrogen) atoms. The Morgan fingerprint density at radius 1 is 1.45 bits per heavy atom. The minimum absolute atomic E-state index is 0.274. The monoisotopic (exact) mass is 338 g/mol. The van der Waals surface area contributed by atoms with Gasteiger partial charge in [-0.1, -0.05) is 29.3 Å². The molecule has 0 heterocycles. The maximum absolute atomic E-state index is 10.6. The lowest BCUT2D eigenvalue weighted by Crippen LogP contribution is -2.24. The number of hydrogen-bond donors (Lipinski definition) is 1. The summed E-state index contributed by atoms with van der Waals surface area (Å²) >= 11 is 3.42.